The second-order valence-electron chi connectivity index (χ2n) is 7.56. The lowest BCUT2D eigenvalue weighted by molar-refractivity contribution is -0.118. The lowest BCUT2D eigenvalue weighted by atomic mass is 10.0. The van der Waals surface area contributed by atoms with Crippen molar-refractivity contribution in [1.82, 2.24) is 19.8 Å². The molecule has 1 aromatic heterocycles. The zero-order chi connectivity index (χ0) is 19.2. The van der Waals surface area contributed by atoms with Gasteiger partial charge in [0.05, 0.1) is 11.4 Å². The molecule has 1 amide bonds. The molecular formula is C21H30N4OS. The number of imidazole rings is 1. The topological polar surface area (TPSA) is 50.2 Å². The first kappa shape index (κ1) is 20.0. The number of thioether (sulfide) groups is 1. The van der Waals surface area contributed by atoms with Gasteiger partial charge in [-0.25, -0.2) is 4.98 Å². The summed E-state index contributed by atoms with van der Waals surface area (Å²) in [6.45, 7) is 10.5. The largest absolute Gasteiger partial charge is 0.354 e. The van der Waals surface area contributed by atoms with Crippen molar-refractivity contribution < 1.29 is 4.79 Å². The van der Waals surface area contributed by atoms with Crippen LogP contribution in [0.5, 0.6) is 0 Å². The van der Waals surface area contributed by atoms with Gasteiger partial charge < -0.3 is 10.2 Å². The fraction of sp³-hybridized carbons (Fsp3) is 0.524. The predicted octanol–water partition coefficient (Wildman–Crippen LogP) is 3.43. The number of carbonyl (C=O) groups excluding carboxylic acids is 1. The number of nitrogens with zero attached hydrogens (tertiary/aromatic N) is 3. The minimum atomic E-state index is 0.0700. The third-order valence-corrected chi connectivity index (χ3v) is 6.02. The lowest BCUT2D eigenvalue weighted by Gasteiger charge is -2.30. The summed E-state index contributed by atoms with van der Waals surface area (Å²) < 4.78 is 2.06. The highest BCUT2D eigenvalue weighted by molar-refractivity contribution is 7.99. The number of amides is 1. The fourth-order valence-corrected chi connectivity index (χ4v) is 4.38. The SMILES string of the molecule is Cc1ccc(C)c(-n2ccnc2SCC(=O)NCCN2CCCC(C)C2)c1. The summed E-state index contributed by atoms with van der Waals surface area (Å²) in [6.07, 6.45) is 6.34. The van der Waals surface area contributed by atoms with Gasteiger partial charge in [-0.05, 0) is 56.3 Å². The first-order chi connectivity index (χ1) is 13.0. The zero-order valence-corrected chi connectivity index (χ0v) is 17.4. The summed E-state index contributed by atoms with van der Waals surface area (Å²) >= 11 is 1.48. The number of nitrogens with one attached hydrogen (secondary N) is 1. The molecule has 1 aliphatic heterocycles. The summed E-state index contributed by atoms with van der Waals surface area (Å²) in [5, 5.41) is 3.90. The molecule has 5 nitrogen and oxygen atoms in total. The normalized spacial score (nSPS) is 17.8. The summed E-state index contributed by atoms with van der Waals surface area (Å²) in [4.78, 5) is 19.1. The molecular weight excluding hydrogens is 356 g/mol. The second kappa shape index (κ2) is 9.42. The van der Waals surface area contributed by atoms with Crippen LogP contribution in [-0.4, -0.2) is 52.3 Å². The summed E-state index contributed by atoms with van der Waals surface area (Å²) in [6, 6.07) is 6.38. The van der Waals surface area contributed by atoms with Gasteiger partial charge in [0, 0.05) is 32.0 Å². The number of hydrogen-bond donors (Lipinski definition) is 1. The summed E-state index contributed by atoms with van der Waals surface area (Å²) in [5.41, 5.74) is 3.53. The van der Waals surface area contributed by atoms with E-state index in [2.05, 4.69) is 58.7 Å². The number of benzene rings is 1. The Morgan fingerprint density at radius 1 is 1.37 bits per heavy atom. The van der Waals surface area contributed by atoms with Crippen LogP contribution in [-0.2, 0) is 4.79 Å². The Bertz CT molecular complexity index is 773. The molecule has 0 radical (unpaired) electrons. The molecule has 146 valence electrons. The van der Waals surface area contributed by atoms with Crippen LogP contribution in [0.4, 0.5) is 0 Å². The Morgan fingerprint density at radius 3 is 3.04 bits per heavy atom. The highest BCUT2D eigenvalue weighted by atomic mass is 32.2. The van der Waals surface area contributed by atoms with Crippen LogP contribution < -0.4 is 5.32 Å². The van der Waals surface area contributed by atoms with Gasteiger partial charge in [-0.1, -0.05) is 30.8 Å². The van der Waals surface area contributed by atoms with E-state index in [0.717, 1.165) is 42.9 Å². The molecule has 1 atom stereocenters. The van der Waals surface area contributed by atoms with Gasteiger partial charge in [0.25, 0.3) is 0 Å². The lowest BCUT2D eigenvalue weighted by Crippen LogP contribution is -2.40. The monoisotopic (exact) mass is 386 g/mol. The predicted molar refractivity (Wildman–Crippen MR) is 112 cm³/mol. The summed E-state index contributed by atoms with van der Waals surface area (Å²) in [5.74, 6) is 1.23. The first-order valence-electron chi connectivity index (χ1n) is 9.76. The molecule has 1 unspecified atom stereocenters. The summed E-state index contributed by atoms with van der Waals surface area (Å²) in [7, 11) is 0. The van der Waals surface area contributed by atoms with E-state index in [-0.39, 0.29) is 5.91 Å². The van der Waals surface area contributed by atoms with Crippen molar-refractivity contribution in [3.05, 3.63) is 41.7 Å². The Balaban J connectivity index is 1.48. The number of carbonyl (C=O) groups is 1. The highest BCUT2D eigenvalue weighted by Crippen LogP contribution is 2.23. The van der Waals surface area contributed by atoms with Crippen LogP contribution in [0.1, 0.15) is 30.9 Å². The third-order valence-electron chi connectivity index (χ3n) is 5.05. The van der Waals surface area contributed by atoms with Crippen molar-refractivity contribution in [1.29, 1.82) is 0 Å². The van der Waals surface area contributed by atoms with E-state index in [4.69, 9.17) is 0 Å². The van der Waals surface area contributed by atoms with Gasteiger partial charge >= 0.3 is 0 Å². The maximum atomic E-state index is 12.2. The van der Waals surface area contributed by atoms with Crippen LogP contribution in [0, 0.1) is 19.8 Å². The Hall–Kier alpha value is -1.79. The average Bonchev–Trinajstić information content (AvgIpc) is 3.10. The number of rotatable bonds is 7. The van der Waals surface area contributed by atoms with Crippen LogP contribution >= 0.6 is 11.8 Å². The van der Waals surface area contributed by atoms with Gasteiger partial charge in [0.2, 0.25) is 5.91 Å². The average molecular weight is 387 g/mol. The molecule has 1 saturated heterocycles. The highest BCUT2D eigenvalue weighted by Gasteiger charge is 2.16. The Kier molecular flexibility index (Phi) is 6.96. The molecule has 2 aromatic rings. The van der Waals surface area contributed by atoms with Gasteiger partial charge in [0.15, 0.2) is 5.16 Å². The van der Waals surface area contributed by atoms with E-state index in [9.17, 15) is 4.79 Å². The van der Waals surface area contributed by atoms with E-state index >= 15 is 0 Å². The van der Waals surface area contributed by atoms with Crippen molar-refractivity contribution in [3.63, 3.8) is 0 Å². The number of aryl methyl sites for hydroxylation is 2. The van der Waals surface area contributed by atoms with Crippen molar-refractivity contribution in [3.8, 4) is 5.69 Å². The van der Waals surface area contributed by atoms with Crippen molar-refractivity contribution in [2.75, 3.05) is 31.9 Å². The Labute approximate surface area is 166 Å². The standard InChI is InChI=1S/C21H30N4OS/c1-16-6-7-18(3)19(13-16)25-12-9-23-21(25)27-15-20(26)22-8-11-24-10-4-5-17(2)14-24/h6-7,9,12-13,17H,4-5,8,10-11,14-15H2,1-3H3,(H,22,26). The Morgan fingerprint density at radius 2 is 2.22 bits per heavy atom. The van der Waals surface area contributed by atoms with Crippen LogP contribution in [0.25, 0.3) is 5.69 Å². The maximum Gasteiger partial charge on any atom is 0.230 e. The quantitative estimate of drug-likeness (QED) is 0.741. The van der Waals surface area contributed by atoms with Crippen molar-refractivity contribution >= 4 is 17.7 Å². The van der Waals surface area contributed by atoms with Crippen LogP contribution in [0.2, 0.25) is 0 Å². The van der Waals surface area contributed by atoms with E-state index in [1.807, 2.05) is 6.20 Å². The van der Waals surface area contributed by atoms with Crippen molar-refractivity contribution in [2.24, 2.45) is 5.92 Å². The molecule has 3 rings (SSSR count). The molecule has 2 heterocycles. The number of aromatic nitrogens is 2. The van der Waals surface area contributed by atoms with Crippen LogP contribution in [0.15, 0.2) is 35.7 Å². The van der Waals surface area contributed by atoms with Gasteiger partial charge in [-0.3, -0.25) is 9.36 Å². The second-order valence-corrected chi connectivity index (χ2v) is 8.50. The first-order valence-corrected chi connectivity index (χ1v) is 10.7. The maximum absolute atomic E-state index is 12.2. The minimum absolute atomic E-state index is 0.0700. The molecule has 27 heavy (non-hydrogen) atoms. The molecule has 1 aromatic carbocycles. The van der Waals surface area contributed by atoms with Gasteiger partial charge in [-0.15, -0.1) is 0 Å². The fourth-order valence-electron chi connectivity index (χ4n) is 3.58. The van der Waals surface area contributed by atoms with E-state index in [1.54, 1.807) is 6.20 Å². The third kappa shape index (κ3) is 5.59. The molecule has 1 N–H and O–H groups in total. The molecule has 1 aliphatic rings. The number of piperidine rings is 1. The molecule has 0 saturated carbocycles. The molecule has 0 aliphatic carbocycles. The van der Waals surface area contributed by atoms with Crippen LogP contribution in [0.3, 0.4) is 0 Å². The van der Waals surface area contributed by atoms with Gasteiger partial charge in [0.1, 0.15) is 0 Å². The minimum Gasteiger partial charge on any atom is -0.354 e. The van der Waals surface area contributed by atoms with Crippen molar-refractivity contribution in [2.45, 2.75) is 38.8 Å². The van der Waals surface area contributed by atoms with E-state index in [0.29, 0.717) is 5.75 Å². The molecule has 6 heteroatoms. The molecule has 0 spiro atoms. The number of hydrogen-bond acceptors (Lipinski definition) is 4. The molecule has 0 bridgehead atoms. The van der Waals surface area contributed by atoms with E-state index < -0.39 is 0 Å². The van der Waals surface area contributed by atoms with Gasteiger partial charge in [-0.2, -0.15) is 0 Å². The zero-order valence-electron chi connectivity index (χ0n) is 16.6. The van der Waals surface area contributed by atoms with E-state index in [1.165, 1.54) is 35.7 Å². The smallest absolute Gasteiger partial charge is 0.230 e. The molecule has 1 fully saturated rings. The number of likely N-dealkylation sites (tertiary alicyclic amines) is 1.